The molecule has 34 heavy (non-hydrogen) atoms. The van der Waals surface area contributed by atoms with E-state index in [-0.39, 0.29) is 25.5 Å². The maximum atomic E-state index is 13.5. The summed E-state index contributed by atoms with van der Waals surface area (Å²) < 4.78 is 43.0. The van der Waals surface area contributed by atoms with Crippen LogP contribution in [0.15, 0.2) is 42.5 Å². The molecule has 0 bridgehead atoms. The number of aliphatic hydroxyl groups is 2. The molecule has 2 aromatic rings. The SMILES string of the molecule is COc1cccc(N2CCC(O)(CN3CCOCC(O)(COc4ccc(F)c(F)c4)C3)CC2)c1. The highest BCUT2D eigenvalue weighted by atomic mass is 19.2. The van der Waals surface area contributed by atoms with Gasteiger partial charge in [0.05, 0.1) is 25.9 Å². The van der Waals surface area contributed by atoms with E-state index in [9.17, 15) is 19.0 Å². The van der Waals surface area contributed by atoms with E-state index < -0.39 is 22.8 Å². The highest BCUT2D eigenvalue weighted by Crippen LogP contribution is 2.30. The van der Waals surface area contributed by atoms with Gasteiger partial charge in [-0.25, -0.2) is 8.78 Å². The number of hydrogen-bond donors (Lipinski definition) is 2. The number of ether oxygens (including phenoxy) is 3. The first-order valence-electron chi connectivity index (χ1n) is 11.5. The molecular formula is C25H32F2N2O5. The lowest BCUT2D eigenvalue weighted by atomic mass is 9.90. The minimum Gasteiger partial charge on any atom is -0.497 e. The van der Waals surface area contributed by atoms with Gasteiger partial charge in [-0.1, -0.05) is 6.07 Å². The second kappa shape index (κ2) is 10.4. The van der Waals surface area contributed by atoms with Gasteiger partial charge >= 0.3 is 0 Å². The minimum atomic E-state index is -1.35. The highest BCUT2D eigenvalue weighted by molar-refractivity contribution is 5.51. The van der Waals surface area contributed by atoms with Gasteiger partial charge in [0, 0.05) is 50.5 Å². The van der Waals surface area contributed by atoms with Crippen molar-refractivity contribution in [3.8, 4) is 11.5 Å². The maximum Gasteiger partial charge on any atom is 0.162 e. The lowest BCUT2D eigenvalue weighted by molar-refractivity contribution is -0.0743. The lowest BCUT2D eigenvalue weighted by Gasteiger charge is -2.42. The van der Waals surface area contributed by atoms with Crippen LogP contribution in [-0.4, -0.2) is 86.0 Å². The smallest absolute Gasteiger partial charge is 0.162 e. The van der Waals surface area contributed by atoms with Crippen LogP contribution >= 0.6 is 0 Å². The van der Waals surface area contributed by atoms with Crippen molar-refractivity contribution in [2.45, 2.75) is 24.0 Å². The summed E-state index contributed by atoms with van der Waals surface area (Å²) >= 11 is 0. The summed E-state index contributed by atoms with van der Waals surface area (Å²) in [7, 11) is 1.64. The van der Waals surface area contributed by atoms with Crippen molar-refractivity contribution in [1.29, 1.82) is 0 Å². The molecule has 186 valence electrons. The summed E-state index contributed by atoms with van der Waals surface area (Å²) in [5.74, 6) is -1.04. The van der Waals surface area contributed by atoms with Crippen LogP contribution in [0.2, 0.25) is 0 Å². The predicted octanol–water partition coefficient (Wildman–Crippen LogP) is 2.45. The van der Waals surface area contributed by atoms with E-state index in [0.717, 1.165) is 23.6 Å². The normalized spacial score (nSPS) is 23.4. The Kier molecular flexibility index (Phi) is 7.57. The molecule has 1 unspecified atom stereocenters. The van der Waals surface area contributed by atoms with Gasteiger partial charge in [0.2, 0.25) is 0 Å². The standard InChI is InChI=1S/C25H32F2N2O5/c1-32-20-4-2-3-19(13-20)29-9-7-24(30,8-10-29)15-28-11-12-33-17-25(31,16-28)18-34-21-5-6-22(26)23(27)14-21/h2-6,13-14,30-31H,7-12,15-18H2,1H3. The van der Waals surface area contributed by atoms with Crippen molar-refractivity contribution in [3.63, 3.8) is 0 Å². The molecule has 2 N–H and O–H groups in total. The summed E-state index contributed by atoms with van der Waals surface area (Å²) in [5.41, 5.74) is -1.17. The van der Waals surface area contributed by atoms with Gasteiger partial charge in [-0.3, -0.25) is 4.90 Å². The van der Waals surface area contributed by atoms with Gasteiger partial charge in [0.25, 0.3) is 0 Å². The minimum absolute atomic E-state index is 0.0508. The van der Waals surface area contributed by atoms with Crippen LogP contribution in [0.4, 0.5) is 14.5 Å². The number of anilines is 1. The van der Waals surface area contributed by atoms with E-state index in [1.165, 1.54) is 6.07 Å². The van der Waals surface area contributed by atoms with Gasteiger partial charge in [0.15, 0.2) is 11.6 Å². The Morgan fingerprint density at radius 2 is 1.76 bits per heavy atom. The second-order valence-corrected chi connectivity index (χ2v) is 9.27. The molecule has 0 aliphatic carbocycles. The second-order valence-electron chi connectivity index (χ2n) is 9.27. The van der Waals surface area contributed by atoms with E-state index in [2.05, 4.69) is 4.90 Å². The molecule has 2 aliphatic heterocycles. The van der Waals surface area contributed by atoms with Crippen molar-refractivity contribution in [1.82, 2.24) is 4.90 Å². The Hall–Kier alpha value is -2.46. The first-order chi connectivity index (χ1) is 16.3. The third-order valence-electron chi connectivity index (χ3n) is 6.47. The van der Waals surface area contributed by atoms with E-state index >= 15 is 0 Å². The molecule has 0 radical (unpaired) electrons. The quantitative estimate of drug-likeness (QED) is 0.633. The van der Waals surface area contributed by atoms with Crippen molar-refractivity contribution in [3.05, 3.63) is 54.1 Å². The first kappa shape index (κ1) is 24.7. The van der Waals surface area contributed by atoms with Crippen LogP contribution < -0.4 is 14.4 Å². The first-order valence-corrected chi connectivity index (χ1v) is 11.5. The Balaban J connectivity index is 1.33. The van der Waals surface area contributed by atoms with Gasteiger partial charge < -0.3 is 29.3 Å². The molecule has 2 saturated heterocycles. The molecule has 2 fully saturated rings. The van der Waals surface area contributed by atoms with Crippen LogP contribution in [0.5, 0.6) is 11.5 Å². The number of nitrogens with zero attached hydrogens (tertiary/aromatic N) is 2. The van der Waals surface area contributed by atoms with Crippen LogP contribution in [0, 0.1) is 11.6 Å². The molecule has 2 aromatic carbocycles. The fourth-order valence-corrected chi connectivity index (χ4v) is 4.57. The van der Waals surface area contributed by atoms with Crippen molar-refractivity contribution in [2.75, 3.05) is 64.6 Å². The predicted molar refractivity (Wildman–Crippen MR) is 123 cm³/mol. The van der Waals surface area contributed by atoms with Crippen LogP contribution in [-0.2, 0) is 4.74 Å². The van der Waals surface area contributed by atoms with Crippen molar-refractivity contribution >= 4 is 5.69 Å². The number of rotatable bonds is 7. The maximum absolute atomic E-state index is 13.5. The molecule has 2 heterocycles. The van der Waals surface area contributed by atoms with Crippen LogP contribution in [0.1, 0.15) is 12.8 Å². The fraction of sp³-hybridized carbons (Fsp3) is 0.520. The number of methoxy groups -OCH3 is 1. The summed E-state index contributed by atoms with van der Waals surface area (Å²) in [6.07, 6.45) is 1.18. The zero-order valence-corrected chi connectivity index (χ0v) is 19.4. The molecule has 0 spiro atoms. The average Bonchev–Trinajstić information content (AvgIpc) is 3.01. The van der Waals surface area contributed by atoms with Crippen molar-refractivity contribution < 1.29 is 33.2 Å². The van der Waals surface area contributed by atoms with Crippen molar-refractivity contribution in [2.24, 2.45) is 0 Å². The van der Waals surface area contributed by atoms with Gasteiger partial charge in [0.1, 0.15) is 23.7 Å². The Morgan fingerprint density at radius 1 is 0.971 bits per heavy atom. The molecule has 2 aliphatic rings. The topological polar surface area (TPSA) is 74.6 Å². The van der Waals surface area contributed by atoms with Gasteiger partial charge in [-0.15, -0.1) is 0 Å². The molecule has 0 saturated carbocycles. The largest absolute Gasteiger partial charge is 0.497 e. The number of halogens is 2. The third-order valence-corrected chi connectivity index (χ3v) is 6.47. The summed E-state index contributed by atoms with van der Waals surface area (Å²) in [4.78, 5) is 4.22. The van der Waals surface area contributed by atoms with Gasteiger partial charge in [-0.2, -0.15) is 0 Å². The Bertz CT molecular complexity index is 970. The molecule has 0 aromatic heterocycles. The highest BCUT2D eigenvalue weighted by Gasteiger charge is 2.39. The van der Waals surface area contributed by atoms with E-state index in [1.807, 2.05) is 29.2 Å². The number of benzene rings is 2. The number of β-amino-alcohol motifs (C(OH)–C–C–N with tert-alkyl or cyclic N) is 2. The summed E-state index contributed by atoms with van der Waals surface area (Å²) in [6.45, 7) is 2.93. The Labute approximate surface area is 198 Å². The fourth-order valence-electron chi connectivity index (χ4n) is 4.57. The molecule has 1 atom stereocenters. The van der Waals surface area contributed by atoms with E-state index in [1.54, 1.807) is 7.11 Å². The third kappa shape index (κ3) is 6.15. The number of piperidine rings is 1. The zero-order valence-electron chi connectivity index (χ0n) is 19.4. The zero-order chi connectivity index (χ0) is 24.2. The average molecular weight is 479 g/mol. The molecule has 9 heteroatoms. The van der Waals surface area contributed by atoms with Crippen LogP contribution in [0.3, 0.4) is 0 Å². The lowest BCUT2D eigenvalue weighted by Crippen LogP contribution is -2.55. The van der Waals surface area contributed by atoms with E-state index in [4.69, 9.17) is 14.2 Å². The summed E-state index contributed by atoms with van der Waals surface area (Å²) in [6, 6.07) is 11.1. The van der Waals surface area contributed by atoms with Gasteiger partial charge in [-0.05, 0) is 37.1 Å². The molecule has 4 rings (SSSR count). The van der Waals surface area contributed by atoms with E-state index in [0.29, 0.717) is 45.6 Å². The molecule has 0 amide bonds. The van der Waals surface area contributed by atoms with Crippen LogP contribution in [0.25, 0.3) is 0 Å². The monoisotopic (exact) mass is 478 g/mol. The molecular weight excluding hydrogens is 446 g/mol. The summed E-state index contributed by atoms with van der Waals surface area (Å²) in [5, 5.41) is 22.4. The Morgan fingerprint density at radius 3 is 2.50 bits per heavy atom. The molecule has 7 nitrogen and oxygen atoms in total. The number of hydrogen-bond acceptors (Lipinski definition) is 7.